The van der Waals surface area contributed by atoms with Gasteiger partial charge in [0.2, 0.25) is 15.9 Å². The first-order valence-corrected chi connectivity index (χ1v) is 11.3. The molecule has 3 aromatic carbocycles. The molecule has 5 nitrogen and oxygen atoms in total. The molecular formula is C22H20Cl2N2O3S. The van der Waals surface area contributed by atoms with E-state index >= 15 is 0 Å². The zero-order valence-corrected chi connectivity index (χ0v) is 18.5. The number of halogens is 2. The van der Waals surface area contributed by atoms with Crippen molar-refractivity contribution in [3.8, 4) is 0 Å². The molecule has 3 rings (SSSR count). The molecule has 0 unspecified atom stereocenters. The smallest absolute Gasteiger partial charge is 0.243 e. The van der Waals surface area contributed by atoms with E-state index in [0.29, 0.717) is 0 Å². The largest absolute Gasteiger partial charge is 0.322 e. The van der Waals surface area contributed by atoms with E-state index in [0.717, 1.165) is 15.4 Å². The van der Waals surface area contributed by atoms with E-state index in [1.807, 2.05) is 25.1 Å². The molecule has 0 saturated carbocycles. The van der Waals surface area contributed by atoms with Gasteiger partial charge in [-0.25, -0.2) is 8.42 Å². The Balaban J connectivity index is 1.89. The fraction of sp³-hybridized carbons (Fsp3) is 0.136. The summed E-state index contributed by atoms with van der Waals surface area (Å²) in [6.07, 6.45) is 0. The third-order valence-electron chi connectivity index (χ3n) is 4.41. The average molecular weight is 463 g/mol. The molecule has 0 spiro atoms. The first kappa shape index (κ1) is 22.3. The van der Waals surface area contributed by atoms with Gasteiger partial charge in [-0.05, 0) is 36.8 Å². The van der Waals surface area contributed by atoms with Crippen molar-refractivity contribution in [3.05, 3.63) is 94.0 Å². The minimum atomic E-state index is -3.92. The summed E-state index contributed by atoms with van der Waals surface area (Å²) in [5, 5.41) is 3.16. The molecule has 0 aromatic heterocycles. The van der Waals surface area contributed by atoms with E-state index in [4.69, 9.17) is 23.2 Å². The van der Waals surface area contributed by atoms with E-state index in [9.17, 15) is 13.2 Å². The van der Waals surface area contributed by atoms with Crippen molar-refractivity contribution in [2.24, 2.45) is 0 Å². The maximum atomic E-state index is 13.3. The number of sulfonamides is 1. The highest BCUT2D eigenvalue weighted by Crippen LogP contribution is 2.30. The van der Waals surface area contributed by atoms with Crippen molar-refractivity contribution < 1.29 is 13.2 Å². The van der Waals surface area contributed by atoms with E-state index in [2.05, 4.69) is 5.32 Å². The summed E-state index contributed by atoms with van der Waals surface area (Å²) >= 11 is 12.2. The molecule has 8 heteroatoms. The molecule has 0 aliphatic carbocycles. The molecule has 3 aromatic rings. The monoisotopic (exact) mass is 462 g/mol. The Morgan fingerprint density at radius 3 is 2.10 bits per heavy atom. The number of carbonyl (C=O) groups is 1. The van der Waals surface area contributed by atoms with Crippen LogP contribution in [-0.4, -0.2) is 25.2 Å². The molecule has 1 N–H and O–H groups in total. The number of para-hydroxylation sites is 1. The van der Waals surface area contributed by atoms with Gasteiger partial charge in [-0.1, -0.05) is 77.3 Å². The molecule has 156 valence electrons. The Kier molecular flexibility index (Phi) is 7.15. The minimum absolute atomic E-state index is 0.0424. The van der Waals surface area contributed by atoms with Crippen LogP contribution in [0.15, 0.2) is 77.7 Å². The quantitative estimate of drug-likeness (QED) is 0.528. The number of amides is 1. The van der Waals surface area contributed by atoms with Gasteiger partial charge in [0.05, 0.1) is 27.2 Å². The van der Waals surface area contributed by atoms with E-state index < -0.39 is 22.5 Å². The van der Waals surface area contributed by atoms with Gasteiger partial charge in [0, 0.05) is 6.54 Å². The highest BCUT2D eigenvalue weighted by molar-refractivity contribution is 7.89. The van der Waals surface area contributed by atoms with Crippen LogP contribution in [0.5, 0.6) is 0 Å². The zero-order valence-electron chi connectivity index (χ0n) is 16.2. The van der Waals surface area contributed by atoms with Crippen molar-refractivity contribution >= 4 is 44.8 Å². The lowest BCUT2D eigenvalue weighted by molar-refractivity contribution is -0.116. The SMILES string of the molecule is Cc1ccc(S(=O)(=O)N(CC(=O)Nc2c(Cl)cccc2Cl)Cc2ccccc2)cc1. The molecule has 0 atom stereocenters. The standard InChI is InChI=1S/C22H20Cl2N2O3S/c1-16-10-12-18(13-11-16)30(28,29)26(14-17-6-3-2-4-7-17)15-21(27)25-22-19(23)8-5-9-20(22)24/h2-13H,14-15H2,1H3,(H,25,27). The summed E-state index contributed by atoms with van der Waals surface area (Å²) in [5.41, 5.74) is 1.95. The molecule has 1 amide bonds. The van der Waals surface area contributed by atoms with Gasteiger partial charge in [0.1, 0.15) is 0 Å². The highest BCUT2D eigenvalue weighted by Gasteiger charge is 2.27. The molecule has 30 heavy (non-hydrogen) atoms. The minimum Gasteiger partial charge on any atom is -0.322 e. The molecule has 0 radical (unpaired) electrons. The number of nitrogens with zero attached hydrogens (tertiary/aromatic N) is 1. The maximum Gasteiger partial charge on any atom is 0.243 e. The number of nitrogens with one attached hydrogen (secondary N) is 1. The number of rotatable bonds is 7. The van der Waals surface area contributed by atoms with Gasteiger partial charge in [-0.3, -0.25) is 4.79 Å². The van der Waals surface area contributed by atoms with E-state index in [1.54, 1.807) is 42.5 Å². The van der Waals surface area contributed by atoms with Crippen LogP contribution < -0.4 is 5.32 Å². The maximum absolute atomic E-state index is 13.3. The normalized spacial score (nSPS) is 11.5. The molecule has 0 aliphatic rings. The second-order valence-corrected chi connectivity index (χ2v) is 9.47. The van der Waals surface area contributed by atoms with Crippen molar-refractivity contribution in [2.45, 2.75) is 18.4 Å². The van der Waals surface area contributed by atoms with Crippen LogP contribution in [0.2, 0.25) is 10.0 Å². The van der Waals surface area contributed by atoms with Gasteiger partial charge in [-0.15, -0.1) is 0 Å². The van der Waals surface area contributed by atoms with Crippen LogP contribution in [0, 0.1) is 6.92 Å². The fourth-order valence-corrected chi connectivity index (χ4v) is 4.70. The van der Waals surface area contributed by atoms with Gasteiger partial charge >= 0.3 is 0 Å². The molecule has 0 aliphatic heterocycles. The van der Waals surface area contributed by atoms with Crippen molar-refractivity contribution in [2.75, 3.05) is 11.9 Å². The average Bonchev–Trinajstić information content (AvgIpc) is 2.71. The number of carbonyl (C=O) groups excluding carboxylic acids is 1. The Morgan fingerprint density at radius 1 is 0.900 bits per heavy atom. The zero-order chi connectivity index (χ0) is 21.7. The Labute approximate surface area is 186 Å². The number of hydrogen-bond donors (Lipinski definition) is 1. The predicted octanol–water partition coefficient (Wildman–Crippen LogP) is 5.13. The van der Waals surface area contributed by atoms with Crippen LogP contribution in [0.3, 0.4) is 0 Å². The third kappa shape index (κ3) is 5.40. The second kappa shape index (κ2) is 9.62. The highest BCUT2D eigenvalue weighted by atomic mass is 35.5. The summed E-state index contributed by atoms with van der Waals surface area (Å²) in [4.78, 5) is 12.8. The summed E-state index contributed by atoms with van der Waals surface area (Å²) in [6.45, 7) is 1.52. The fourth-order valence-electron chi connectivity index (χ4n) is 2.83. The lowest BCUT2D eigenvalue weighted by Crippen LogP contribution is -2.37. The first-order chi connectivity index (χ1) is 14.3. The Bertz CT molecular complexity index is 1110. The first-order valence-electron chi connectivity index (χ1n) is 9.12. The number of anilines is 1. The third-order valence-corrected chi connectivity index (χ3v) is 6.84. The van der Waals surface area contributed by atoms with E-state index in [-0.39, 0.29) is 27.2 Å². The van der Waals surface area contributed by atoms with Gasteiger partial charge < -0.3 is 5.32 Å². The molecule has 0 heterocycles. The summed E-state index contributed by atoms with van der Waals surface area (Å²) < 4.78 is 27.7. The summed E-state index contributed by atoms with van der Waals surface area (Å²) in [7, 11) is -3.92. The van der Waals surface area contributed by atoms with Crippen LogP contribution in [0.4, 0.5) is 5.69 Å². The van der Waals surface area contributed by atoms with Crippen molar-refractivity contribution in [3.63, 3.8) is 0 Å². The molecular weight excluding hydrogens is 443 g/mol. The second-order valence-electron chi connectivity index (χ2n) is 6.72. The number of aryl methyl sites for hydroxylation is 1. The van der Waals surface area contributed by atoms with Crippen molar-refractivity contribution in [1.82, 2.24) is 4.31 Å². The van der Waals surface area contributed by atoms with Crippen LogP contribution in [-0.2, 0) is 21.4 Å². The van der Waals surface area contributed by atoms with Gasteiger partial charge in [-0.2, -0.15) is 4.31 Å². The van der Waals surface area contributed by atoms with E-state index in [1.165, 1.54) is 12.1 Å². The van der Waals surface area contributed by atoms with Crippen LogP contribution >= 0.6 is 23.2 Å². The Hall–Kier alpha value is -2.38. The molecule has 0 bridgehead atoms. The lowest BCUT2D eigenvalue weighted by atomic mass is 10.2. The topological polar surface area (TPSA) is 66.5 Å². The van der Waals surface area contributed by atoms with Gasteiger partial charge in [0.15, 0.2) is 0 Å². The summed E-state index contributed by atoms with van der Waals surface area (Å²) in [6, 6.07) is 20.4. The Morgan fingerprint density at radius 2 is 1.50 bits per heavy atom. The molecule has 0 fully saturated rings. The van der Waals surface area contributed by atoms with Gasteiger partial charge in [0.25, 0.3) is 0 Å². The summed E-state index contributed by atoms with van der Waals surface area (Å²) in [5.74, 6) is -0.545. The molecule has 0 saturated heterocycles. The predicted molar refractivity (Wildman–Crippen MR) is 120 cm³/mol. The number of benzene rings is 3. The van der Waals surface area contributed by atoms with Crippen LogP contribution in [0.25, 0.3) is 0 Å². The van der Waals surface area contributed by atoms with Crippen LogP contribution in [0.1, 0.15) is 11.1 Å². The lowest BCUT2D eigenvalue weighted by Gasteiger charge is -2.22. The number of hydrogen-bond acceptors (Lipinski definition) is 3. The van der Waals surface area contributed by atoms with Crippen molar-refractivity contribution in [1.29, 1.82) is 0 Å².